The Morgan fingerprint density at radius 2 is 1.68 bits per heavy atom. The third-order valence-electron chi connectivity index (χ3n) is 3.34. The fourth-order valence-corrected chi connectivity index (χ4v) is 3.88. The van der Waals surface area contributed by atoms with E-state index in [1.807, 2.05) is 12.3 Å². The Balaban J connectivity index is 1.88. The molecular formula is C16H11F3N2O2S2. The molecule has 0 radical (unpaired) electrons. The van der Waals surface area contributed by atoms with Gasteiger partial charge in [0.1, 0.15) is 4.90 Å². The fraction of sp³-hybridized carbons (Fsp3) is 0.0625. The lowest BCUT2D eigenvalue weighted by Gasteiger charge is -2.10. The van der Waals surface area contributed by atoms with Gasteiger partial charge in [0.2, 0.25) is 0 Å². The van der Waals surface area contributed by atoms with E-state index >= 15 is 0 Å². The van der Waals surface area contributed by atoms with Crippen LogP contribution in [0.2, 0.25) is 0 Å². The molecule has 3 aromatic rings. The topological polar surface area (TPSA) is 59.1 Å². The molecular weight excluding hydrogens is 373 g/mol. The summed E-state index contributed by atoms with van der Waals surface area (Å²) in [5.74, 6) is -5.06. The monoisotopic (exact) mass is 384 g/mol. The second-order valence-corrected chi connectivity index (χ2v) is 7.82. The predicted molar refractivity (Wildman–Crippen MR) is 89.4 cm³/mol. The van der Waals surface area contributed by atoms with Gasteiger partial charge in [0.15, 0.2) is 17.5 Å². The summed E-state index contributed by atoms with van der Waals surface area (Å²) < 4.78 is 66.4. The van der Waals surface area contributed by atoms with Gasteiger partial charge in [0, 0.05) is 16.6 Å². The standard InChI is InChI=1S/C16H11F3N2O2S2/c1-9-20-13(8-24-9)10-2-4-11(5-3-10)21-25(22,23)14-7-6-12(17)15(18)16(14)19/h2-8,21H,1H3. The van der Waals surface area contributed by atoms with Crippen molar-refractivity contribution in [2.24, 2.45) is 0 Å². The van der Waals surface area contributed by atoms with Crippen molar-refractivity contribution in [3.8, 4) is 11.3 Å². The smallest absolute Gasteiger partial charge is 0.264 e. The van der Waals surface area contributed by atoms with E-state index in [4.69, 9.17) is 0 Å². The second-order valence-electron chi connectivity index (χ2n) is 5.11. The van der Waals surface area contributed by atoms with Gasteiger partial charge in [0.25, 0.3) is 10.0 Å². The minimum atomic E-state index is -4.40. The molecule has 2 aromatic carbocycles. The first kappa shape index (κ1) is 17.4. The lowest BCUT2D eigenvalue weighted by atomic mass is 10.1. The van der Waals surface area contributed by atoms with Crippen LogP contribution >= 0.6 is 11.3 Å². The summed E-state index contributed by atoms with van der Waals surface area (Å²) >= 11 is 1.48. The molecule has 130 valence electrons. The van der Waals surface area contributed by atoms with Gasteiger partial charge >= 0.3 is 0 Å². The minimum absolute atomic E-state index is 0.153. The van der Waals surface area contributed by atoms with Gasteiger partial charge in [-0.15, -0.1) is 11.3 Å². The average Bonchev–Trinajstić information content (AvgIpc) is 2.99. The SMILES string of the molecule is Cc1nc(-c2ccc(NS(=O)(=O)c3ccc(F)c(F)c3F)cc2)cs1. The normalized spacial score (nSPS) is 11.5. The summed E-state index contributed by atoms with van der Waals surface area (Å²) in [4.78, 5) is 3.35. The van der Waals surface area contributed by atoms with Crippen molar-refractivity contribution in [3.05, 3.63) is 64.2 Å². The first-order valence-electron chi connectivity index (χ1n) is 6.97. The van der Waals surface area contributed by atoms with Crippen molar-refractivity contribution in [2.75, 3.05) is 4.72 Å². The van der Waals surface area contributed by atoms with Crippen molar-refractivity contribution < 1.29 is 21.6 Å². The van der Waals surface area contributed by atoms with E-state index < -0.39 is 32.4 Å². The maximum atomic E-state index is 13.7. The van der Waals surface area contributed by atoms with Gasteiger partial charge in [-0.25, -0.2) is 26.6 Å². The Kier molecular flexibility index (Phi) is 4.53. The van der Waals surface area contributed by atoms with Crippen molar-refractivity contribution in [1.82, 2.24) is 4.98 Å². The molecule has 1 aromatic heterocycles. The Labute approximate surface area is 146 Å². The number of anilines is 1. The van der Waals surface area contributed by atoms with Crippen molar-refractivity contribution in [2.45, 2.75) is 11.8 Å². The zero-order chi connectivity index (χ0) is 18.2. The fourth-order valence-electron chi connectivity index (χ4n) is 2.13. The summed E-state index contributed by atoms with van der Waals surface area (Å²) in [5, 5.41) is 2.76. The molecule has 0 unspecified atom stereocenters. The molecule has 0 saturated carbocycles. The van der Waals surface area contributed by atoms with Crippen LogP contribution in [0.3, 0.4) is 0 Å². The first-order chi connectivity index (χ1) is 11.8. The third kappa shape index (κ3) is 3.52. The first-order valence-corrected chi connectivity index (χ1v) is 9.33. The van der Waals surface area contributed by atoms with Crippen molar-refractivity contribution in [3.63, 3.8) is 0 Å². The Bertz CT molecular complexity index is 1030. The number of nitrogens with one attached hydrogen (secondary N) is 1. The van der Waals surface area contributed by atoms with E-state index in [1.54, 1.807) is 12.1 Å². The zero-order valence-electron chi connectivity index (χ0n) is 12.8. The lowest BCUT2D eigenvalue weighted by molar-refractivity contribution is 0.432. The number of aryl methyl sites for hydroxylation is 1. The lowest BCUT2D eigenvalue weighted by Crippen LogP contribution is -2.15. The van der Waals surface area contributed by atoms with Crippen LogP contribution in [0, 0.1) is 24.4 Å². The molecule has 0 aliphatic heterocycles. The summed E-state index contributed by atoms with van der Waals surface area (Å²) in [6.07, 6.45) is 0. The quantitative estimate of drug-likeness (QED) is 0.681. The minimum Gasteiger partial charge on any atom is -0.280 e. The van der Waals surface area contributed by atoms with Crippen LogP contribution in [0.15, 0.2) is 46.7 Å². The van der Waals surface area contributed by atoms with Crippen LogP contribution < -0.4 is 4.72 Å². The maximum Gasteiger partial charge on any atom is 0.264 e. The molecule has 25 heavy (non-hydrogen) atoms. The van der Waals surface area contributed by atoms with Crippen molar-refractivity contribution >= 4 is 27.0 Å². The van der Waals surface area contributed by atoms with E-state index in [0.717, 1.165) is 16.3 Å². The number of nitrogens with zero attached hydrogens (tertiary/aromatic N) is 1. The summed E-state index contributed by atoms with van der Waals surface area (Å²) in [6, 6.07) is 7.46. The molecule has 0 atom stereocenters. The summed E-state index contributed by atoms with van der Waals surface area (Å²) in [6.45, 7) is 1.87. The second kappa shape index (κ2) is 6.49. The van der Waals surface area contributed by atoms with E-state index in [2.05, 4.69) is 9.71 Å². The van der Waals surface area contributed by atoms with Gasteiger partial charge in [-0.1, -0.05) is 12.1 Å². The molecule has 0 bridgehead atoms. The molecule has 0 saturated heterocycles. The summed E-state index contributed by atoms with van der Waals surface area (Å²) in [5.41, 5.74) is 1.69. The number of aromatic nitrogens is 1. The highest BCUT2D eigenvalue weighted by Gasteiger charge is 2.24. The van der Waals surface area contributed by atoms with E-state index in [0.29, 0.717) is 12.1 Å². The molecule has 0 amide bonds. The number of benzene rings is 2. The van der Waals surface area contributed by atoms with Crippen LogP contribution in [0.5, 0.6) is 0 Å². The van der Waals surface area contributed by atoms with E-state index in [-0.39, 0.29) is 5.69 Å². The van der Waals surface area contributed by atoms with Gasteiger partial charge in [0.05, 0.1) is 10.7 Å². The van der Waals surface area contributed by atoms with Crippen LogP contribution in [0.25, 0.3) is 11.3 Å². The third-order valence-corrected chi connectivity index (χ3v) is 5.51. The van der Waals surface area contributed by atoms with Crippen LogP contribution in [0.1, 0.15) is 5.01 Å². The maximum absolute atomic E-state index is 13.7. The molecule has 0 aliphatic carbocycles. The number of sulfonamides is 1. The van der Waals surface area contributed by atoms with Crippen molar-refractivity contribution in [1.29, 1.82) is 0 Å². The van der Waals surface area contributed by atoms with Gasteiger partial charge in [-0.3, -0.25) is 4.72 Å². The average molecular weight is 384 g/mol. The predicted octanol–water partition coefficient (Wildman–Crippen LogP) is 4.34. The van der Waals surface area contributed by atoms with E-state index in [1.165, 1.54) is 23.5 Å². The largest absolute Gasteiger partial charge is 0.280 e. The van der Waals surface area contributed by atoms with Crippen LogP contribution in [-0.4, -0.2) is 13.4 Å². The zero-order valence-corrected chi connectivity index (χ0v) is 14.4. The number of hydrogen-bond donors (Lipinski definition) is 1. The molecule has 1 N–H and O–H groups in total. The number of hydrogen-bond acceptors (Lipinski definition) is 4. The van der Waals surface area contributed by atoms with Gasteiger partial charge < -0.3 is 0 Å². The summed E-state index contributed by atoms with van der Waals surface area (Å²) in [7, 11) is -4.40. The Morgan fingerprint density at radius 1 is 1.00 bits per heavy atom. The molecule has 3 rings (SSSR count). The molecule has 0 fully saturated rings. The van der Waals surface area contributed by atoms with Gasteiger partial charge in [-0.05, 0) is 31.2 Å². The van der Waals surface area contributed by atoms with Gasteiger partial charge in [-0.2, -0.15) is 0 Å². The molecule has 9 heteroatoms. The molecule has 4 nitrogen and oxygen atoms in total. The highest BCUT2D eigenvalue weighted by molar-refractivity contribution is 7.92. The highest BCUT2D eigenvalue weighted by Crippen LogP contribution is 2.25. The number of thiazole rings is 1. The number of rotatable bonds is 4. The Hall–Kier alpha value is -2.39. The Morgan fingerprint density at radius 3 is 2.28 bits per heavy atom. The molecule has 0 spiro atoms. The molecule has 0 aliphatic rings. The number of halogens is 3. The van der Waals surface area contributed by atoms with Crippen LogP contribution in [-0.2, 0) is 10.0 Å². The van der Waals surface area contributed by atoms with Crippen LogP contribution in [0.4, 0.5) is 18.9 Å². The van der Waals surface area contributed by atoms with E-state index in [9.17, 15) is 21.6 Å². The molecule has 1 heterocycles. The highest BCUT2D eigenvalue weighted by atomic mass is 32.2.